The standard InChI is InChI=1S/C16H21N3O3S/c1-22-16-5-2-4-14(12-16)15-6-9-19(13-15)23(20,21)11-10-18-8-3-7-17-18/h2-5,7-8,12,15H,6,9-11,13H2,1H3. The molecule has 1 atom stereocenters. The molecule has 0 saturated carbocycles. The molecular weight excluding hydrogens is 314 g/mol. The molecule has 1 aromatic heterocycles. The summed E-state index contributed by atoms with van der Waals surface area (Å²) in [7, 11) is -1.61. The highest BCUT2D eigenvalue weighted by Gasteiger charge is 2.32. The third kappa shape index (κ3) is 3.73. The lowest BCUT2D eigenvalue weighted by atomic mass is 9.98. The van der Waals surface area contributed by atoms with Gasteiger partial charge in [0.05, 0.1) is 19.4 Å². The largest absolute Gasteiger partial charge is 0.497 e. The Hall–Kier alpha value is -1.86. The molecule has 7 heteroatoms. The van der Waals surface area contributed by atoms with Crippen LogP contribution in [0, 0.1) is 0 Å². The van der Waals surface area contributed by atoms with Crippen molar-refractivity contribution < 1.29 is 13.2 Å². The fourth-order valence-corrected chi connectivity index (χ4v) is 4.39. The number of benzene rings is 1. The van der Waals surface area contributed by atoms with E-state index in [9.17, 15) is 8.42 Å². The summed E-state index contributed by atoms with van der Waals surface area (Å²) in [6.07, 6.45) is 4.27. The van der Waals surface area contributed by atoms with Crippen molar-refractivity contribution in [1.82, 2.24) is 14.1 Å². The van der Waals surface area contributed by atoms with Crippen molar-refractivity contribution in [2.75, 3.05) is 26.0 Å². The Morgan fingerprint density at radius 3 is 2.96 bits per heavy atom. The van der Waals surface area contributed by atoms with Crippen molar-refractivity contribution in [1.29, 1.82) is 0 Å². The van der Waals surface area contributed by atoms with Crippen molar-refractivity contribution in [3.05, 3.63) is 48.3 Å². The van der Waals surface area contributed by atoms with Gasteiger partial charge in [0.2, 0.25) is 10.0 Å². The molecule has 1 aliphatic rings. The molecule has 1 aromatic carbocycles. The van der Waals surface area contributed by atoms with Crippen LogP contribution >= 0.6 is 0 Å². The third-order valence-corrected chi connectivity index (χ3v) is 6.06. The number of aromatic nitrogens is 2. The zero-order chi connectivity index (χ0) is 16.3. The first-order chi connectivity index (χ1) is 11.1. The van der Waals surface area contributed by atoms with E-state index in [1.165, 1.54) is 0 Å². The predicted molar refractivity (Wildman–Crippen MR) is 87.9 cm³/mol. The van der Waals surface area contributed by atoms with Crippen LogP contribution in [0.15, 0.2) is 42.7 Å². The Kier molecular flexibility index (Phi) is 4.68. The predicted octanol–water partition coefficient (Wildman–Crippen LogP) is 1.71. The van der Waals surface area contributed by atoms with E-state index < -0.39 is 10.0 Å². The van der Waals surface area contributed by atoms with Gasteiger partial charge >= 0.3 is 0 Å². The van der Waals surface area contributed by atoms with Gasteiger partial charge < -0.3 is 4.74 Å². The highest BCUT2D eigenvalue weighted by Crippen LogP contribution is 2.30. The van der Waals surface area contributed by atoms with Gasteiger partial charge in [0.1, 0.15) is 5.75 Å². The molecule has 23 heavy (non-hydrogen) atoms. The van der Waals surface area contributed by atoms with Crippen molar-refractivity contribution in [2.24, 2.45) is 0 Å². The molecule has 0 spiro atoms. The van der Waals surface area contributed by atoms with Gasteiger partial charge in [-0.2, -0.15) is 5.10 Å². The molecule has 0 N–H and O–H groups in total. The Balaban J connectivity index is 1.64. The zero-order valence-electron chi connectivity index (χ0n) is 13.1. The van der Waals surface area contributed by atoms with Gasteiger partial charge in [-0.15, -0.1) is 0 Å². The van der Waals surface area contributed by atoms with E-state index in [0.29, 0.717) is 19.6 Å². The zero-order valence-corrected chi connectivity index (χ0v) is 13.9. The van der Waals surface area contributed by atoms with Gasteiger partial charge in [-0.05, 0) is 36.1 Å². The highest BCUT2D eigenvalue weighted by molar-refractivity contribution is 7.89. The van der Waals surface area contributed by atoms with Crippen LogP contribution in [0.1, 0.15) is 17.9 Å². The lowest BCUT2D eigenvalue weighted by Crippen LogP contribution is -2.32. The first-order valence-corrected chi connectivity index (χ1v) is 9.28. The molecule has 1 fully saturated rings. The van der Waals surface area contributed by atoms with Crippen LogP contribution in [0.4, 0.5) is 0 Å². The molecule has 6 nitrogen and oxygen atoms in total. The molecule has 0 aliphatic carbocycles. The van der Waals surface area contributed by atoms with E-state index in [-0.39, 0.29) is 11.7 Å². The van der Waals surface area contributed by atoms with Crippen LogP contribution in [0.3, 0.4) is 0 Å². The summed E-state index contributed by atoms with van der Waals surface area (Å²) in [6, 6.07) is 9.67. The number of nitrogens with zero attached hydrogens (tertiary/aromatic N) is 3. The van der Waals surface area contributed by atoms with Gasteiger partial charge in [-0.25, -0.2) is 12.7 Å². The number of sulfonamides is 1. The maximum absolute atomic E-state index is 12.5. The molecule has 0 amide bonds. The summed E-state index contributed by atoms with van der Waals surface area (Å²) < 4.78 is 33.5. The van der Waals surface area contributed by atoms with E-state index >= 15 is 0 Å². The monoisotopic (exact) mass is 335 g/mol. The molecule has 1 aliphatic heterocycles. The molecule has 3 rings (SSSR count). The van der Waals surface area contributed by atoms with E-state index in [4.69, 9.17) is 4.74 Å². The number of methoxy groups -OCH3 is 1. The maximum atomic E-state index is 12.5. The fraction of sp³-hybridized carbons (Fsp3) is 0.438. The summed E-state index contributed by atoms with van der Waals surface area (Å²) in [5, 5.41) is 4.05. The quantitative estimate of drug-likeness (QED) is 0.806. The van der Waals surface area contributed by atoms with Crippen molar-refractivity contribution in [3.8, 4) is 5.75 Å². The smallest absolute Gasteiger partial charge is 0.215 e. The normalized spacial score (nSPS) is 19.1. The second-order valence-electron chi connectivity index (χ2n) is 5.71. The minimum absolute atomic E-state index is 0.0828. The molecular formula is C16H21N3O3S. The van der Waals surface area contributed by atoms with Crippen LogP contribution < -0.4 is 4.74 Å². The topological polar surface area (TPSA) is 64.4 Å². The first kappa shape index (κ1) is 16.0. The number of aryl methyl sites for hydroxylation is 1. The minimum Gasteiger partial charge on any atom is -0.497 e. The van der Waals surface area contributed by atoms with Crippen molar-refractivity contribution >= 4 is 10.0 Å². The molecule has 124 valence electrons. The van der Waals surface area contributed by atoms with Crippen LogP contribution in [-0.4, -0.2) is 48.5 Å². The van der Waals surface area contributed by atoms with E-state index in [1.807, 2.05) is 24.3 Å². The average molecular weight is 335 g/mol. The van der Waals surface area contributed by atoms with E-state index in [0.717, 1.165) is 17.7 Å². The molecule has 2 aromatic rings. The lowest BCUT2D eigenvalue weighted by molar-refractivity contribution is 0.413. The molecule has 2 heterocycles. The van der Waals surface area contributed by atoms with Crippen molar-refractivity contribution in [3.63, 3.8) is 0 Å². The van der Waals surface area contributed by atoms with Gasteiger partial charge in [-0.3, -0.25) is 4.68 Å². The minimum atomic E-state index is -3.25. The average Bonchev–Trinajstić information content (AvgIpc) is 3.25. The van der Waals surface area contributed by atoms with Crippen LogP contribution in [0.25, 0.3) is 0 Å². The summed E-state index contributed by atoms with van der Waals surface area (Å²) >= 11 is 0. The van der Waals surface area contributed by atoms with E-state index in [1.54, 1.807) is 34.6 Å². The van der Waals surface area contributed by atoms with Gasteiger partial charge in [0.15, 0.2) is 0 Å². The Morgan fingerprint density at radius 1 is 1.35 bits per heavy atom. The Labute approximate surface area is 136 Å². The van der Waals surface area contributed by atoms with Gasteiger partial charge in [0.25, 0.3) is 0 Å². The number of rotatable bonds is 6. The number of hydrogen-bond acceptors (Lipinski definition) is 4. The maximum Gasteiger partial charge on any atom is 0.215 e. The summed E-state index contributed by atoms with van der Waals surface area (Å²) in [5.41, 5.74) is 1.13. The summed E-state index contributed by atoms with van der Waals surface area (Å²) in [4.78, 5) is 0. The second kappa shape index (κ2) is 6.72. The third-order valence-electron chi connectivity index (χ3n) is 4.25. The Bertz CT molecular complexity index is 744. The number of hydrogen-bond donors (Lipinski definition) is 0. The fourth-order valence-electron chi connectivity index (χ4n) is 2.92. The second-order valence-corrected chi connectivity index (χ2v) is 7.79. The Morgan fingerprint density at radius 2 is 2.22 bits per heavy atom. The highest BCUT2D eigenvalue weighted by atomic mass is 32.2. The summed E-state index contributed by atoms with van der Waals surface area (Å²) in [6.45, 7) is 1.49. The van der Waals surface area contributed by atoms with E-state index in [2.05, 4.69) is 5.10 Å². The van der Waals surface area contributed by atoms with Crippen LogP contribution in [-0.2, 0) is 16.6 Å². The molecule has 0 bridgehead atoms. The van der Waals surface area contributed by atoms with Crippen molar-refractivity contribution in [2.45, 2.75) is 18.9 Å². The number of ether oxygens (including phenoxy) is 1. The SMILES string of the molecule is COc1cccc(C2CCN(S(=O)(=O)CCn3cccn3)C2)c1. The molecule has 1 unspecified atom stereocenters. The molecule has 0 radical (unpaired) electrons. The first-order valence-electron chi connectivity index (χ1n) is 7.68. The molecule has 1 saturated heterocycles. The van der Waals surface area contributed by atoms with Gasteiger partial charge in [-0.1, -0.05) is 12.1 Å². The van der Waals surface area contributed by atoms with Crippen LogP contribution in [0.5, 0.6) is 5.75 Å². The lowest BCUT2D eigenvalue weighted by Gasteiger charge is -2.17. The van der Waals surface area contributed by atoms with Crippen LogP contribution in [0.2, 0.25) is 0 Å². The summed E-state index contributed by atoms with van der Waals surface area (Å²) in [5.74, 6) is 1.12. The van der Waals surface area contributed by atoms with Gasteiger partial charge in [0, 0.05) is 25.5 Å².